The first-order chi connectivity index (χ1) is 6.11. The number of hydrogen-bond acceptors (Lipinski definition) is 5. The van der Waals surface area contributed by atoms with Crippen molar-refractivity contribution in [3.63, 3.8) is 0 Å². The van der Waals surface area contributed by atoms with Gasteiger partial charge in [0.1, 0.15) is 12.1 Å². The van der Waals surface area contributed by atoms with Gasteiger partial charge in [-0.1, -0.05) is 0 Å². The van der Waals surface area contributed by atoms with Gasteiger partial charge in [-0.05, 0) is 0 Å². The van der Waals surface area contributed by atoms with E-state index in [0.717, 1.165) is 0 Å². The minimum Gasteiger partial charge on any atom is -0.395 e. The zero-order valence-corrected chi connectivity index (χ0v) is 7.27. The predicted octanol–water partition coefficient (Wildman–Crippen LogP) is -3.21. The molecule has 13 heavy (non-hydrogen) atoms. The van der Waals surface area contributed by atoms with Gasteiger partial charge in [0.25, 0.3) is 0 Å². The molecule has 1 aliphatic rings. The molecule has 0 aromatic heterocycles. The predicted molar refractivity (Wildman–Crippen MR) is 43.9 cm³/mol. The topological polar surface area (TPSA) is 102 Å². The molecule has 0 aromatic rings. The zero-order chi connectivity index (χ0) is 10.0. The molecule has 1 rings (SSSR count). The van der Waals surface area contributed by atoms with E-state index < -0.39 is 30.2 Å². The summed E-state index contributed by atoms with van der Waals surface area (Å²) in [6.45, 7) is -0.314. The van der Waals surface area contributed by atoms with Crippen molar-refractivity contribution >= 4 is 5.91 Å². The highest BCUT2D eigenvalue weighted by atomic mass is 16.3. The third-order valence-electron chi connectivity index (χ3n) is 2.22. The first-order valence-corrected chi connectivity index (χ1v) is 4.06. The van der Waals surface area contributed by atoms with Crippen LogP contribution in [0.1, 0.15) is 0 Å². The number of carbonyl (C=O) groups excluding carboxylic acids is 1. The average Bonchev–Trinajstić information content (AvgIpc) is 2.43. The number of nitrogens with one attached hydrogen (secondary N) is 2. The SMILES string of the molecule is CNC(=O)[C@@H]1N[C@@H](CO)[C@H](O)[C@@H]1O. The summed E-state index contributed by atoms with van der Waals surface area (Å²) in [5, 5.41) is 32.4. The van der Waals surface area contributed by atoms with Crippen LogP contribution in [0.2, 0.25) is 0 Å². The molecule has 0 unspecified atom stereocenters. The second kappa shape index (κ2) is 4.01. The van der Waals surface area contributed by atoms with E-state index >= 15 is 0 Å². The Labute approximate surface area is 75.6 Å². The molecule has 0 radical (unpaired) electrons. The third kappa shape index (κ3) is 1.80. The number of aliphatic hydroxyl groups excluding tert-OH is 3. The summed E-state index contributed by atoms with van der Waals surface area (Å²) in [5.41, 5.74) is 0. The minimum absolute atomic E-state index is 0.314. The molecule has 6 nitrogen and oxygen atoms in total. The Morgan fingerprint density at radius 3 is 2.46 bits per heavy atom. The summed E-state index contributed by atoms with van der Waals surface area (Å²) < 4.78 is 0. The van der Waals surface area contributed by atoms with Gasteiger partial charge in [-0.3, -0.25) is 10.1 Å². The van der Waals surface area contributed by atoms with E-state index in [-0.39, 0.29) is 6.61 Å². The summed E-state index contributed by atoms with van der Waals surface area (Å²) in [5.74, 6) is -0.400. The molecule has 0 bridgehead atoms. The Kier molecular flexibility index (Phi) is 3.21. The quantitative estimate of drug-likeness (QED) is 0.315. The van der Waals surface area contributed by atoms with Gasteiger partial charge >= 0.3 is 0 Å². The number of rotatable bonds is 2. The van der Waals surface area contributed by atoms with Gasteiger partial charge in [0.2, 0.25) is 5.91 Å². The van der Waals surface area contributed by atoms with Crippen molar-refractivity contribution in [2.45, 2.75) is 24.3 Å². The van der Waals surface area contributed by atoms with Crippen molar-refractivity contribution in [3.05, 3.63) is 0 Å². The first kappa shape index (κ1) is 10.4. The minimum atomic E-state index is -1.17. The Bertz CT molecular complexity index is 199. The molecule has 5 N–H and O–H groups in total. The fraction of sp³-hybridized carbons (Fsp3) is 0.857. The van der Waals surface area contributed by atoms with Gasteiger partial charge in [0, 0.05) is 7.05 Å². The van der Waals surface area contributed by atoms with E-state index in [0.29, 0.717) is 0 Å². The van der Waals surface area contributed by atoms with Gasteiger partial charge in [0.15, 0.2) is 0 Å². The van der Waals surface area contributed by atoms with Crippen molar-refractivity contribution in [1.82, 2.24) is 10.6 Å². The Morgan fingerprint density at radius 2 is 2.08 bits per heavy atom. The van der Waals surface area contributed by atoms with Gasteiger partial charge < -0.3 is 20.6 Å². The molecule has 1 aliphatic heterocycles. The number of likely N-dealkylation sites (N-methyl/N-ethyl adjacent to an activating group) is 1. The van der Waals surface area contributed by atoms with Crippen LogP contribution in [0.15, 0.2) is 0 Å². The first-order valence-electron chi connectivity index (χ1n) is 4.06. The van der Waals surface area contributed by atoms with Crippen LogP contribution in [0.4, 0.5) is 0 Å². The maximum atomic E-state index is 11.1. The van der Waals surface area contributed by atoms with Crippen LogP contribution in [0.25, 0.3) is 0 Å². The third-order valence-corrected chi connectivity index (χ3v) is 2.22. The van der Waals surface area contributed by atoms with E-state index in [2.05, 4.69) is 10.6 Å². The monoisotopic (exact) mass is 190 g/mol. The van der Waals surface area contributed by atoms with Crippen molar-refractivity contribution in [1.29, 1.82) is 0 Å². The van der Waals surface area contributed by atoms with Gasteiger partial charge in [0.05, 0.1) is 18.8 Å². The second-order valence-electron chi connectivity index (χ2n) is 3.03. The Balaban J connectivity index is 2.65. The van der Waals surface area contributed by atoms with Crippen LogP contribution in [0, 0.1) is 0 Å². The van der Waals surface area contributed by atoms with Crippen molar-refractivity contribution in [3.8, 4) is 0 Å². The summed E-state index contributed by atoms with van der Waals surface area (Å²) in [7, 11) is 1.44. The molecular formula is C7H14N2O4. The number of aliphatic hydroxyl groups is 3. The normalized spacial score (nSPS) is 39.1. The molecule has 1 fully saturated rings. The van der Waals surface area contributed by atoms with Crippen LogP contribution < -0.4 is 10.6 Å². The van der Waals surface area contributed by atoms with Crippen LogP contribution in [0.3, 0.4) is 0 Å². The fourth-order valence-electron chi connectivity index (χ4n) is 1.41. The molecule has 6 heteroatoms. The molecular weight excluding hydrogens is 176 g/mol. The molecule has 0 saturated carbocycles. The molecule has 0 aromatic carbocycles. The smallest absolute Gasteiger partial charge is 0.239 e. The summed E-state index contributed by atoms with van der Waals surface area (Å²) in [6, 6.07) is -1.49. The lowest BCUT2D eigenvalue weighted by Gasteiger charge is -2.13. The summed E-state index contributed by atoms with van der Waals surface area (Å²) in [6.07, 6.45) is -2.27. The van der Waals surface area contributed by atoms with Gasteiger partial charge in [-0.15, -0.1) is 0 Å². The van der Waals surface area contributed by atoms with E-state index in [9.17, 15) is 15.0 Å². The molecule has 0 aliphatic carbocycles. The lowest BCUT2D eigenvalue weighted by atomic mass is 10.1. The largest absolute Gasteiger partial charge is 0.395 e. The van der Waals surface area contributed by atoms with Crippen molar-refractivity contribution < 1.29 is 20.1 Å². The fourth-order valence-corrected chi connectivity index (χ4v) is 1.41. The van der Waals surface area contributed by atoms with E-state index in [1.807, 2.05) is 0 Å². The standard InChI is InChI=1S/C7H14N2O4/c1-8-7(13)4-6(12)5(11)3(2-10)9-4/h3-6,9-12H,2H2,1H3,(H,8,13)/t3-,4+,5-,6+/m0/s1. The molecule has 1 amide bonds. The second-order valence-corrected chi connectivity index (χ2v) is 3.03. The lowest BCUT2D eigenvalue weighted by Crippen LogP contribution is -2.46. The molecule has 4 atom stereocenters. The summed E-state index contributed by atoms with van der Waals surface area (Å²) in [4.78, 5) is 11.1. The molecule has 1 heterocycles. The Morgan fingerprint density at radius 1 is 1.46 bits per heavy atom. The van der Waals surface area contributed by atoms with Crippen molar-refractivity contribution in [2.24, 2.45) is 0 Å². The van der Waals surface area contributed by atoms with Crippen LogP contribution >= 0.6 is 0 Å². The average molecular weight is 190 g/mol. The van der Waals surface area contributed by atoms with Crippen LogP contribution in [0.5, 0.6) is 0 Å². The molecule has 1 saturated heterocycles. The number of carbonyl (C=O) groups is 1. The highest BCUT2D eigenvalue weighted by Crippen LogP contribution is 2.14. The Hall–Kier alpha value is -0.690. The van der Waals surface area contributed by atoms with E-state index in [1.165, 1.54) is 7.05 Å². The highest BCUT2D eigenvalue weighted by molar-refractivity contribution is 5.82. The van der Waals surface area contributed by atoms with Crippen molar-refractivity contribution in [2.75, 3.05) is 13.7 Å². The maximum absolute atomic E-state index is 11.1. The zero-order valence-electron chi connectivity index (χ0n) is 7.27. The lowest BCUT2D eigenvalue weighted by molar-refractivity contribution is -0.125. The van der Waals surface area contributed by atoms with Crippen LogP contribution in [-0.4, -0.2) is 59.2 Å². The van der Waals surface area contributed by atoms with Gasteiger partial charge in [-0.25, -0.2) is 0 Å². The maximum Gasteiger partial charge on any atom is 0.239 e. The molecule has 76 valence electrons. The van der Waals surface area contributed by atoms with Crippen LogP contribution in [-0.2, 0) is 4.79 Å². The van der Waals surface area contributed by atoms with E-state index in [1.54, 1.807) is 0 Å². The number of amides is 1. The number of hydrogen-bond donors (Lipinski definition) is 5. The molecule has 0 spiro atoms. The highest BCUT2D eigenvalue weighted by Gasteiger charge is 2.43. The van der Waals surface area contributed by atoms with Gasteiger partial charge in [-0.2, -0.15) is 0 Å². The summed E-state index contributed by atoms with van der Waals surface area (Å²) >= 11 is 0. The van der Waals surface area contributed by atoms with E-state index in [4.69, 9.17) is 5.11 Å².